The van der Waals surface area contributed by atoms with Crippen LogP contribution in [0.2, 0.25) is 0 Å². The molecule has 1 unspecified atom stereocenters. The first kappa shape index (κ1) is 16.4. The molecule has 0 saturated heterocycles. The SMILES string of the molecule is CCOc1ccccc1OC(CCN(C)C)c1ccccc1. The van der Waals surface area contributed by atoms with E-state index in [1.54, 1.807) is 0 Å². The van der Waals surface area contributed by atoms with E-state index in [-0.39, 0.29) is 6.10 Å². The van der Waals surface area contributed by atoms with Crippen LogP contribution in [0.5, 0.6) is 11.5 Å². The third-order valence-electron chi connectivity index (χ3n) is 3.43. The van der Waals surface area contributed by atoms with E-state index < -0.39 is 0 Å². The highest BCUT2D eigenvalue weighted by molar-refractivity contribution is 5.40. The molecule has 0 aromatic heterocycles. The van der Waals surface area contributed by atoms with Gasteiger partial charge < -0.3 is 14.4 Å². The first-order valence-electron chi connectivity index (χ1n) is 7.79. The molecule has 0 amide bonds. The highest BCUT2D eigenvalue weighted by Crippen LogP contribution is 2.32. The number of hydrogen-bond acceptors (Lipinski definition) is 3. The maximum absolute atomic E-state index is 6.28. The minimum atomic E-state index is 0.0187. The van der Waals surface area contributed by atoms with Crippen molar-refractivity contribution in [3.8, 4) is 11.5 Å². The Morgan fingerprint density at radius 2 is 1.55 bits per heavy atom. The molecule has 0 fully saturated rings. The second kappa shape index (κ2) is 8.44. The zero-order chi connectivity index (χ0) is 15.8. The lowest BCUT2D eigenvalue weighted by atomic mass is 10.1. The van der Waals surface area contributed by atoms with Crippen molar-refractivity contribution in [2.45, 2.75) is 19.4 Å². The van der Waals surface area contributed by atoms with Crippen LogP contribution in [0, 0.1) is 0 Å². The molecule has 22 heavy (non-hydrogen) atoms. The fourth-order valence-corrected chi connectivity index (χ4v) is 2.31. The van der Waals surface area contributed by atoms with Gasteiger partial charge in [0.15, 0.2) is 11.5 Å². The minimum absolute atomic E-state index is 0.0187. The quantitative estimate of drug-likeness (QED) is 0.730. The van der Waals surface area contributed by atoms with Crippen molar-refractivity contribution in [1.82, 2.24) is 4.90 Å². The highest BCUT2D eigenvalue weighted by Gasteiger charge is 2.16. The van der Waals surface area contributed by atoms with Gasteiger partial charge in [0.05, 0.1) is 6.61 Å². The van der Waals surface area contributed by atoms with Crippen LogP contribution in [-0.4, -0.2) is 32.1 Å². The van der Waals surface area contributed by atoms with Crippen molar-refractivity contribution in [2.24, 2.45) is 0 Å². The van der Waals surface area contributed by atoms with Crippen molar-refractivity contribution in [1.29, 1.82) is 0 Å². The average Bonchev–Trinajstić information content (AvgIpc) is 2.54. The van der Waals surface area contributed by atoms with E-state index in [9.17, 15) is 0 Å². The maximum atomic E-state index is 6.28. The van der Waals surface area contributed by atoms with Crippen LogP contribution in [-0.2, 0) is 0 Å². The molecule has 2 aromatic rings. The Morgan fingerprint density at radius 3 is 2.18 bits per heavy atom. The Morgan fingerprint density at radius 1 is 0.909 bits per heavy atom. The molecule has 2 aromatic carbocycles. The lowest BCUT2D eigenvalue weighted by Gasteiger charge is -2.22. The van der Waals surface area contributed by atoms with E-state index in [2.05, 4.69) is 43.3 Å². The fraction of sp³-hybridized carbons (Fsp3) is 0.368. The average molecular weight is 299 g/mol. The van der Waals surface area contributed by atoms with Gasteiger partial charge in [-0.05, 0) is 38.7 Å². The van der Waals surface area contributed by atoms with Gasteiger partial charge in [-0.2, -0.15) is 0 Å². The van der Waals surface area contributed by atoms with E-state index in [4.69, 9.17) is 9.47 Å². The van der Waals surface area contributed by atoms with Gasteiger partial charge >= 0.3 is 0 Å². The standard InChI is InChI=1S/C19H25NO2/c1-4-21-18-12-8-9-13-19(18)22-17(14-15-20(2)3)16-10-6-5-7-11-16/h5-13,17H,4,14-15H2,1-3H3. The van der Waals surface area contributed by atoms with Gasteiger partial charge in [-0.25, -0.2) is 0 Å². The predicted molar refractivity (Wildman–Crippen MR) is 90.6 cm³/mol. The molecule has 0 saturated carbocycles. The van der Waals surface area contributed by atoms with Crippen LogP contribution in [0.15, 0.2) is 54.6 Å². The first-order valence-corrected chi connectivity index (χ1v) is 7.79. The second-order valence-corrected chi connectivity index (χ2v) is 5.49. The summed E-state index contributed by atoms with van der Waals surface area (Å²) in [6.45, 7) is 3.59. The molecule has 3 nitrogen and oxygen atoms in total. The molecule has 0 radical (unpaired) electrons. The zero-order valence-corrected chi connectivity index (χ0v) is 13.7. The normalized spacial score (nSPS) is 12.2. The summed E-state index contributed by atoms with van der Waals surface area (Å²) in [4.78, 5) is 2.17. The number of hydrogen-bond donors (Lipinski definition) is 0. The summed E-state index contributed by atoms with van der Waals surface area (Å²) in [5, 5.41) is 0. The van der Waals surface area contributed by atoms with Crippen LogP contribution in [0.4, 0.5) is 0 Å². The van der Waals surface area contributed by atoms with Crippen LogP contribution < -0.4 is 9.47 Å². The van der Waals surface area contributed by atoms with Gasteiger partial charge in [-0.1, -0.05) is 42.5 Å². The third-order valence-corrected chi connectivity index (χ3v) is 3.43. The molecule has 3 heteroatoms. The molecule has 0 bridgehead atoms. The topological polar surface area (TPSA) is 21.7 Å². The molecule has 0 aliphatic carbocycles. The lowest BCUT2D eigenvalue weighted by molar-refractivity contribution is 0.170. The van der Waals surface area contributed by atoms with E-state index in [1.165, 1.54) is 5.56 Å². The number of ether oxygens (including phenoxy) is 2. The van der Waals surface area contributed by atoms with E-state index in [0.29, 0.717) is 6.61 Å². The lowest BCUT2D eigenvalue weighted by Crippen LogP contribution is -2.19. The number of nitrogens with zero attached hydrogens (tertiary/aromatic N) is 1. The number of para-hydroxylation sites is 2. The molecule has 118 valence electrons. The summed E-state index contributed by atoms with van der Waals surface area (Å²) >= 11 is 0. The Hall–Kier alpha value is -2.00. The monoisotopic (exact) mass is 299 g/mol. The van der Waals surface area contributed by atoms with Crippen molar-refractivity contribution >= 4 is 0 Å². The largest absolute Gasteiger partial charge is 0.490 e. The van der Waals surface area contributed by atoms with Gasteiger partial charge in [0.25, 0.3) is 0 Å². The summed E-state index contributed by atoms with van der Waals surface area (Å²) in [6.07, 6.45) is 0.947. The summed E-state index contributed by atoms with van der Waals surface area (Å²) in [5.74, 6) is 1.60. The molecule has 0 aliphatic rings. The fourth-order valence-electron chi connectivity index (χ4n) is 2.31. The van der Waals surface area contributed by atoms with E-state index >= 15 is 0 Å². The predicted octanol–water partition coefficient (Wildman–Crippen LogP) is 4.16. The Bertz CT molecular complexity index is 554. The molecule has 0 spiro atoms. The highest BCUT2D eigenvalue weighted by atomic mass is 16.5. The Labute approximate surface area is 133 Å². The van der Waals surface area contributed by atoms with Crippen molar-refractivity contribution in [3.63, 3.8) is 0 Å². The van der Waals surface area contributed by atoms with Crippen LogP contribution >= 0.6 is 0 Å². The van der Waals surface area contributed by atoms with Gasteiger partial charge in [0, 0.05) is 13.0 Å². The van der Waals surface area contributed by atoms with E-state index in [1.807, 2.05) is 37.3 Å². The smallest absolute Gasteiger partial charge is 0.162 e. The number of rotatable bonds is 8. The minimum Gasteiger partial charge on any atom is -0.490 e. The van der Waals surface area contributed by atoms with Crippen molar-refractivity contribution < 1.29 is 9.47 Å². The molecule has 2 rings (SSSR count). The van der Waals surface area contributed by atoms with Crippen LogP contribution in [0.25, 0.3) is 0 Å². The summed E-state index contributed by atoms with van der Waals surface area (Å²) < 4.78 is 11.9. The zero-order valence-electron chi connectivity index (χ0n) is 13.7. The molecule has 0 heterocycles. The number of benzene rings is 2. The second-order valence-electron chi connectivity index (χ2n) is 5.49. The summed E-state index contributed by atoms with van der Waals surface area (Å²) in [6, 6.07) is 18.2. The Kier molecular flexibility index (Phi) is 6.28. The third kappa shape index (κ3) is 4.78. The molecule has 0 N–H and O–H groups in total. The molecule has 1 atom stereocenters. The van der Waals surface area contributed by atoms with Gasteiger partial charge in [0.2, 0.25) is 0 Å². The van der Waals surface area contributed by atoms with Crippen LogP contribution in [0.1, 0.15) is 25.0 Å². The maximum Gasteiger partial charge on any atom is 0.162 e. The first-order chi connectivity index (χ1) is 10.7. The van der Waals surface area contributed by atoms with Gasteiger partial charge in [0.1, 0.15) is 6.10 Å². The van der Waals surface area contributed by atoms with Crippen LogP contribution in [0.3, 0.4) is 0 Å². The van der Waals surface area contributed by atoms with E-state index in [0.717, 1.165) is 24.5 Å². The van der Waals surface area contributed by atoms with Crippen molar-refractivity contribution in [2.75, 3.05) is 27.2 Å². The molecular formula is C19H25NO2. The summed E-state index contributed by atoms with van der Waals surface area (Å²) in [7, 11) is 4.16. The molecule has 0 aliphatic heterocycles. The Balaban J connectivity index is 2.19. The van der Waals surface area contributed by atoms with Crippen molar-refractivity contribution in [3.05, 3.63) is 60.2 Å². The van der Waals surface area contributed by atoms with Gasteiger partial charge in [-0.15, -0.1) is 0 Å². The summed E-state index contributed by atoms with van der Waals surface area (Å²) in [5.41, 5.74) is 1.19. The molecular weight excluding hydrogens is 274 g/mol. The van der Waals surface area contributed by atoms with Gasteiger partial charge in [-0.3, -0.25) is 0 Å².